The van der Waals surface area contributed by atoms with Crippen molar-refractivity contribution in [2.75, 3.05) is 13.1 Å². The van der Waals surface area contributed by atoms with Crippen LogP contribution in [0.25, 0.3) is 0 Å². The number of piperidine rings is 1. The number of aliphatic hydroxyl groups is 1. The summed E-state index contributed by atoms with van der Waals surface area (Å²) in [7, 11) is 0. The van der Waals surface area contributed by atoms with E-state index in [9.17, 15) is 13.2 Å². The Kier molecular flexibility index (Phi) is 4.19. The number of aliphatic hydroxyl groups excluding tert-OH is 1. The lowest BCUT2D eigenvalue weighted by molar-refractivity contribution is -0.206. The number of rotatable bonds is 3. The normalized spacial score (nSPS) is 22.3. The number of alkyl halides is 3. The highest BCUT2D eigenvalue weighted by Gasteiger charge is 2.37. The van der Waals surface area contributed by atoms with Gasteiger partial charge in [0.2, 0.25) is 0 Å². The zero-order valence-electron chi connectivity index (χ0n) is 7.98. The zero-order valence-corrected chi connectivity index (χ0v) is 7.98. The van der Waals surface area contributed by atoms with Gasteiger partial charge in [-0.05, 0) is 44.7 Å². The van der Waals surface area contributed by atoms with Gasteiger partial charge in [0, 0.05) is 0 Å². The van der Waals surface area contributed by atoms with Crippen molar-refractivity contribution in [3.63, 3.8) is 0 Å². The van der Waals surface area contributed by atoms with Gasteiger partial charge in [0.1, 0.15) is 6.10 Å². The molecule has 1 heterocycles. The van der Waals surface area contributed by atoms with E-state index < -0.39 is 12.3 Å². The summed E-state index contributed by atoms with van der Waals surface area (Å²) in [5, 5.41) is 11.9. The summed E-state index contributed by atoms with van der Waals surface area (Å²) < 4.78 is 35.8. The molecule has 0 bridgehead atoms. The Morgan fingerprint density at radius 1 is 1.29 bits per heavy atom. The molecule has 84 valence electrons. The molecule has 1 aliphatic heterocycles. The van der Waals surface area contributed by atoms with Crippen molar-refractivity contribution >= 4 is 0 Å². The van der Waals surface area contributed by atoms with Crippen molar-refractivity contribution in [2.45, 2.75) is 38.0 Å². The fraction of sp³-hybridized carbons (Fsp3) is 1.00. The highest BCUT2D eigenvalue weighted by molar-refractivity contribution is 4.72. The molecule has 0 aromatic heterocycles. The molecule has 0 spiro atoms. The van der Waals surface area contributed by atoms with Gasteiger partial charge in [-0.2, -0.15) is 13.2 Å². The van der Waals surface area contributed by atoms with E-state index in [1.54, 1.807) is 0 Å². The minimum atomic E-state index is -4.45. The summed E-state index contributed by atoms with van der Waals surface area (Å²) in [4.78, 5) is 0. The molecule has 5 heteroatoms. The molecule has 2 N–H and O–H groups in total. The second-order valence-electron chi connectivity index (χ2n) is 3.83. The lowest BCUT2D eigenvalue weighted by Crippen LogP contribution is -2.31. The van der Waals surface area contributed by atoms with E-state index in [4.69, 9.17) is 5.11 Å². The summed E-state index contributed by atoms with van der Waals surface area (Å²) >= 11 is 0. The van der Waals surface area contributed by atoms with E-state index in [2.05, 4.69) is 5.32 Å². The number of hydrogen-bond acceptors (Lipinski definition) is 2. The molecular formula is C9H16F3NO. The second kappa shape index (κ2) is 4.98. The molecule has 0 saturated carbocycles. The van der Waals surface area contributed by atoms with Crippen molar-refractivity contribution < 1.29 is 18.3 Å². The summed E-state index contributed by atoms with van der Waals surface area (Å²) in [6.07, 6.45) is -4.43. The molecule has 1 aliphatic rings. The van der Waals surface area contributed by atoms with Crippen molar-refractivity contribution in [3.05, 3.63) is 0 Å². The predicted molar refractivity (Wildman–Crippen MR) is 46.9 cm³/mol. The smallest absolute Gasteiger partial charge is 0.384 e. The number of hydrogen-bond donors (Lipinski definition) is 2. The Bertz CT molecular complexity index is 166. The minimum Gasteiger partial charge on any atom is -0.384 e. The first kappa shape index (κ1) is 11.8. The van der Waals surface area contributed by atoms with E-state index in [0.29, 0.717) is 12.3 Å². The quantitative estimate of drug-likeness (QED) is 0.744. The topological polar surface area (TPSA) is 32.3 Å². The van der Waals surface area contributed by atoms with Gasteiger partial charge in [-0.25, -0.2) is 0 Å². The van der Waals surface area contributed by atoms with Gasteiger partial charge in [-0.3, -0.25) is 0 Å². The maximum absolute atomic E-state index is 11.9. The molecule has 1 atom stereocenters. The standard InChI is InChI=1S/C9H16F3NO/c10-9(11,12)8(14)2-1-7-3-5-13-6-4-7/h7-8,13-14H,1-6H2. The molecule has 0 aromatic rings. The van der Waals surface area contributed by atoms with Crippen LogP contribution in [0.2, 0.25) is 0 Å². The molecule has 1 fully saturated rings. The Hall–Kier alpha value is -0.290. The van der Waals surface area contributed by atoms with E-state index >= 15 is 0 Å². The van der Waals surface area contributed by atoms with Gasteiger partial charge in [0.25, 0.3) is 0 Å². The van der Waals surface area contributed by atoms with Gasteiger partial charge >= 0.3 is 6.18 Å². The van der Waals surface area contributed by atoms with Crippen LogP contribution < -0.4 is 5.32 Å². The van der Waals surface area contributed by atoms with Gasteiger partial charge in [-0.15, -0.1) is 0 Å². The molecule has 0 amide bonds. The molecule has 1 unspecified atom stereocenters. The van der Waals surface area contributed by atoms with E-state index in [-0.39, 0.29) is 6.42 Å². The summed E-state index contributed by atoms with van der Waals surface area (Å²) in [6, 6.07) is 0. The van der Waals surface area contributed by atoms with Crippen LogP contribution >= 0.6 is 0 Å². The Morgan fingerprint density at radius 3 is 2.36 bits per heavy atom. The molecule has 0 aliphatic carbocycles. The first-order chi connectivity index (χ1) is 6.50. The van der Waals surface area contributed by atoms with Crippen molar-refractivity contribution in [1.29, 1.82) is 0 Å². The fourth-order valence-corrected chi connectivity index (χ4v) is 1.73. The first-order valence-electron chi connectivity index (χ1n) is 4.95. The van der Waals surface area contributed by atoms with Gasteiger partial charge in [-0.1, -0.05) is 0 Å². The third kappa shape index (κ3) is 3.84. The number of halogens is 3. The van der Waals surface area contributed by atoms with Gasteiger partial charge in [0.05, 0.1) is 0 Å². The Labute approximate surface area is 81.5 Å². The zero-order chi connectivity index (χ0) is 10.6. The number of nitrogens with one attached hydrogen (secondary N) is 1. The maximum Gasteiger partial charge on any atom is 0.414 e. The predicted octanol–water partition coefficient (Wildman–Crippen LogP) is 1.69. The largest absolute Gasteiger partial charge is 0.414 e. The fourth-order valence-electron chi connectivity index (χ4n) is 1.73. The van der Waals surface area contributed by atoms with Gasteiger partial charge < -0.3 is 10.4 Å². The summed E-state index contributed by atoms with van der Waals surface area (Å²) in [5.74, 6) is 0.341. The van der Waals surface area contributed by atoms with Crippen LogP contribution in [0.4, 0.5) is 13.2 Å². The highest BCUT2D eigenvalue weighted by Crippen LogP contribution is 2.26. The van der Waals surface area contributed by atoms with Crippen LogP contribution in [0, 0.1) is 5.92 Å². The SMILES string of the molecule is OC(CCC1CCNCC1)C(F)(F)F. The Balaban J connectivity index is 2.19. The van der Waals surface area contributed by atoms with Crippen molar-refractivity contribution in [2.24, 2.45) is 5.92 Å². The molecule has 1 rings (SSSR count). The van der Waals surface area contributed by atoms with Crippen LogP contribution in [-0.4, -0.2) is 30.5 Å². The average molecular weight is 211 g/mol. The van der Waals surface area contributed by atoms with Crippen molar-refractivity contribution in [3.8, 4) is 0 Å². The van der Waals surface area contributed by atoms with Crippen LogP contribution in [-0.2, 0) is 0 Å². The van der Waals surface area contributed by atoms with E-state index in [1.807, 2.05) is 0 Å². The molecule has 14 heavy (non-hydrogen) atoms. The monoisotopic (exact) mass is 211 g/mol. The molecule has 1 saturated heterocycles. The molecule has 0 aromatic carbocycles. The van der Waals surface area contributed by atoms with E-state index in [0.717, 1.165) is 25.9 Å². The third-order valence-electron chi connectivity index (χ3n) is 2.68. The summed E-state index contributed by atoms with van der Waals surface area (Å²) in [6.45, 7) is 1.76. The lowest BCUT2D eigenvalue weighted by Gasteiger charge is -2.24. The molecular weight excluding hydrogens is 195 g/mol. The Morgan fingerprint density at radius 2 is 1.86 bits per heavy atom. The summed E-state index contributed by atoms with van der Waals surface area (Å²) in [5.41, 5.74) is 0. The molecule has 0 radical (unpaired) electrons. The van der Waals surface area contributed by atoms with Crippen LogP contribution in [0.5, 0.6) is 0 Å². The lowest BCUT2D eigenvalue weighted by atomic mass is 9.92. The highest BCUT2D eigenvalue weighted by atomic mass is 19.4. The van der Waals surface area contributed by atoms with Crippen LogP contribution in [0.1, 0.15) is 25.7 Å². The second-order valence-corrected chi connectivity index (χ2v) is 3.83. The third-order valence-corrected chi connectivity index (χ3v) is 2.68. The van der Waals surface area contributed by atoms with Crippen LogP contribution in [0.15, 0.2) is 0 Å². The average Bonchev–Trinajstić information content (AvgIpc) is 2.14. The minimum absolute atomic E-state index is 0.159. The molecule has 2 nitrogen and oxygen atoms in total. The van der Waals surface area contributed by atoms with Crippen molar-refractivity contribution in [1.82, 2.24) is 5.32 Å². The maximum atomic E-state index is 11.9. The van der Waals surface area contributed by atoms with Gasteiger partial charge in [0.15, 0.2) is 0 Å². The van der Waals surface area contributed by atoms with E-state index in [1.165, 1.54) is 0 Å². The first-order valence-corrected chi connectivity index (χ1v) is 4.95. The van der Waals surface area contributed by atoms with Crippen LogP contribution in [0.3, 0.4) is 0 Å².